The summed E-state index contributed by atoms with van der Waals surface area (Å²) in [5.74, 6) is 2.23. The van der Waals surface area contributed by atoms with Gasteiger partial charge in [-0.3, -0.25) is 0 Å². The number of likely N-dealkylation sites (tertiary alicyclic amines) is 1. The second-order valence-corrected chi connectivity index (χ2v) is 11.2. The average Bonchev–Trinajstić information content (AvgIpc) is 3.28. The number of rotatable bonds is 5. The largest absolute Gasteiger partial charge is 0.371 e. The van der Waals surface area contributed by atoms with Gasteiger partial charge in [-0.15, -0.1) is 0 Å². The van der Waals surface area contributed by atoms with Crippen LogP contribution in [-0.4, -0.2) is 57.1 Å². The van der Waals surface area contributed by atoms with E-state index >= 15 is 0 Å². The van der Waals surface area contributed by atoms with E-state index in [0.717, 1.165) is 18.4 Å². The Bertz CT molecular complexity index is 716. The maximum Gasteiger partial charge on any atom is 0.147 e. The van der Waals surface area contributed by atoms with E-state index in [-0.39, 0.29) is 0 Å². The molecular formula is C27H42N2O2. The fourth-order valence-corrected chi connectivity index (χ4v) is 6.90. The van der Waals surface area contributed by atoms with Gasteiger partial charge < -0.3 is 19.3 Å². The van der Waals surface area contributed by atoms with Gasteiger partial charge in [0.1, 0.15) is 6.79 Å². The van der Waals surface area contributed by atoms with Gasteiger partial charge in [0.2, 0.25) is 0 Å². The van der Waals surface area contributed by atoms with Gasteiger partial charge >= 0.3 is 0 Å². The lowest BCUT2D eigenvalue weighted by Gasteiger charge is -2.37. The molecule has 4 nitrogen and oxygen atoms in total. The molecule has 1 aliphatic carbocycles. The van der Waals surface area contributed by atoms with Crippen LogP contribution in [0.5, 0.6) is 0 Å². The normalized spacial score (nSPS) is 31.3. The molecule has 0 N–H and O–H groups in total. The monoisotopic (exact) mass is 426 g/mol. The van der Waals surface area contributed by atoms with Crippen LogP contribution in [0.25, 0.3) is 0 Å². The highest BCUT2D eigenvalue weighted by atomic mass is 16.7. The van der Waals surface area contributed by atoms with E-state index in [2.05, 4.69) is 47.9 Å². The number of hydrogen-bond donors (Lipinski definition) is 0. The minimum Gasteiger partial charge on any atom is -0.371 e. The Kier molecular flexibility index (Phi) is 6.59. The van der Waals surface area contributed by atoms with Crippen molar-refractivity contribution in [2.75, 3.05) is 51.0 Å². The summed E-state index contributed by atoms with van der Waals surface area (Å²) in [5, 5.41) is 0. The fourth-order valence-electron chi connectivity index (χ4n) is 6.90. The van der Waals surface area contributed by atoms with E-state index < -0.39 is 0 Å². The molecule has 0 amide bonds. The minimum atomic E-state index is 0.385. The predicted octanol–water partition coefficient (Wildman–Crippen LogP) is 5.28. The third-order valence-electron chi connectivity index (χ3n) is 8.60. The standard InChI is InChI=1S/C27H42N2O2/c1-21(2)25-8-4-5-9-26(25)29-17-22-15-28(16-23(22)18-29)13-10-24-14-27(19-30-20-31-24)11-6-3-7-12-27/h4-5,8-9,21-24H,3,6-7,10-20H2,1-2H3/t22?,23?,24-/m1/s1. The molecule has 0 bridgehead atoms. The lowest BCUT2D eigenvalue weighted by atomic mass is 9.71. The first-order chi connectivity index (χ1) is 15.1. The molecule has 31 heavy (non-hydrogen) atoms. The van der Waals surface area contributed by atoms with Crippen molar-refractivity contribution >= 4 is 5.69 Å². The third-order valence-corrected chi connectivity index (χ3v) is 8.60. The van der Waals surface area contributed by atoms with Crippen LogP contribution >= 0.6 is 0 Å². The lowest BCUT2D eigenvalue weighted by Crippen LogP contribution is -2.34. The summed E-state index contributed by atoms with van der Waals surface area (Å²) in [6.45, 7) is 12.2. The third kappa shape index (κ3) is 4.82. The van der Waals surface area contributed by atoms with Gasteiger partial charge in [0, 0.05) is 38.4 Å². The number of para-hydroxylation sites is 1. The molecule has 1 aromatic rings. The van der Waals surface area contributed by atoms with E-state index in [1.54, 1.807) is 0 Å². The first-order valence-electron chi connectivity index (χ1n) is 12.9. The maximum atomic E-state index is 6.14. The van der Waals surface area contributed by atoms with Crippen LogP contribution in [0.4, 0.5) is 5.69 Å². The molecule has 172 valence electrons. The fraction of sp³-hybridized carbons (Fsp3) is 0.778. The van der Waals surface area contributed by atoms with Gasteiger partial charge in [-0.2, -0.15) is 0 Å². The van der Waals surface area contributed by atoms with Crippen molar-refractivity contribution in [3.8, 4) is 0 Å². The summed E-state index contributed by atoms with van der Waals surface area (Å²) >= 11 is 0. The Labute approximate surface area is 189 Å². The van der Waals surface area contributed by atoms with Crippen molar-refractivity contribution in [3.63, 3.8) is 0 Å². The van der Waals surface area contributed by atoms with Gasteiger partial charge in [0.15, 0.2) is 0 Å². The zero-order valence-corrected chi connectivity index (χ0v) is 19.7. The Morgan fingerprint density at radius 2 is 1.74 bits per heavy atom. The van der Waals surface area contributed by atoms with Crippen LogP contribution in [0.15, 0.2) is 24.3 Å². The molecular weight excluding hydrogens is 384 g/mol. The first kappa shape index (κ1) is 21.7. The van der Waals surface area contributed by atoms with Crippen molar-refractivity contribution in [1.82, 2.24) is 4.90 Å². The first-order valence-corrected chi connectivity index (χ1v) is 12.9. The van der Waals surface area contributed by atoms with Gasteiger partial charge in [-0.05, 0) is 60.5 Å². The van der Waals surface area contributed by atoms with Crippen LogP contribution in [0.1, 0.15) is 70.3 Å². The topological polar surface area (TPSA) is 24.9 Å². The van der Waals surface area contributed by atoms with E-state index in [1.807, 2.05) is 0 Å². The highest BCUT2D eigenvalue weighted by Gasteiger charge is 2.41. The molecule has 3 saturated heterocycles. The second-order valence-electron chi connectivity index (χ2n) is 11.2. The molecule has 0 radical (unpaired) electrons. The SMILES string of the molecule is CC(C)c1ccccc1N1CC2CN(CC[C@@H]3CC4(CCCCC4)COCO3)CC2C1. The molecule has 4 heteroatoms. The number of anilines is 1. The lowest BCUT2D eigenvalue weighted by molar-refractivity contribution is -0.0743. The molecule has 3 atom stereocenters. The summed E-state index contributed by atoms with van der Waals surface area (Å²) < 4.78 is 12.0. The van der Waals surface area contributed by atoms with Gasteiger partial charge in [-0.25, -0.2) is 0 Å². The Hall–Kier alpha value is -1.10. The molecule has 3 aliphatic heterocycles. The highest BCUT2D eigenvalue weighted by molar-refractivity contribution is 5.56. The number of hydrogen-bond acceptors (Lipinski definition) is 4. The zero-order chi connectivity index (χ0) is 21.3. The number of ether oxygens (including phenoxy) is 2. The van der Waals surface area contributed by atoms with Crippen LogP contribution in [-0.2, 0) is 9.47 Å². The number of fused-ring (bicyclic) bond motifs is 1. The summed E-state index contributed by atoms with van der Waals surface area (Å²) in [7, 11) is 0. The predicted molar refractivity (Wildman–Crippen MR) is 127 cm³/mol. The quantitative estimate of drug-likeness (QED) is 0.639. The van der Waals surface area contributed by atoms with Crippen LogP contribution in [0, 0.1) is 17.3 Å². The molecule has 3 heterocycles. The van der Waals surface area contributed by atoms with Crippen LogP contribution in [0.3, 0.4) is 0 Å². The highest BCUT2D eigenvalue weighted by Crippen LogP contribution is 2.43. The summed E-state index contributed by atoms with van der Waals surface area (Å²) in [5.41, 5.74) is 3.39. The van der Waals surface area contributed by atoms with Crippen molar-refractivity contribution in [1.29, 1.82) is 0 Å². The molecule has 0 aromatic heterocycles. The second kappa shape index (κ2) is 9.41. The van der Waals surface area contributed by atoms with Crippen molar-refractivity contribution in [3.05, 3.63) is 29.8 Å². The van der Waals surface area contributed by atoms with Gasteiger partial charge in [-0.1, -0.05) is 51.3 Å². The van der Waals surface area contributed by atoms with E-state index in [1.165, 1.54) is 88.9 Å². The Balaban J connectivity index is 1.13. The van der Waals surface area contributed by atoms with Crippen LogP contribution in [0.2, 0.25) is 0 Å². The summed E-state index contributed by atoms with van der Waals surface area (Å²) in [4.78, 5) is 5.39. The Morgan fingerprint density at radius 1 is 1.00 bits per heavy atom. The minimum absolute atomic E-state index is 0.385. The van der Waals surface area contributed by atoms with Gasteiger partial charge in [0.25, 0.3) is 0 Å². The smallest absolute Gasteiger partial charge is 0.147 e. The molecule has 5 rings (SSSR count). The zero-order valence-electron chi connectivity index (χ0n) is 19.7. The van der Waals surface area contributed by atoms with E-state index in [4.69, 9.17) is 9.47 Å². The van der Waals surface area contributed by atoms with E-state index in [9.17, 15) is 0 Å². The van der Waals surface area contributed by atoms with Crippen LogP contribution < -0.4 is 4.90 Å². The van der Waals surface area contributed by atoms with E-state index in [0.29, 0.717) is 24.2 Å². The summed E-state index contributed by atoms with van der Waals surface area (Å²) in [6, 6.07) is 9.04. The number of nitrogens with zero attached hydrogens (tertiary/aromatic N) is 2. The number of benzene rings is 1. The molecule has 2 unspecified atom stereocenters. The van der Waals surface area contributed by atoms with Crippen molar-refractivity contribution < 1.29 is 9.47 Å². The van der Waals surface area contributed by atoms with Crippen molar-refractivity contribution in [2.24, 2.45) is 17.3 Å². The maximum absolute atomic E-state index is 6.14. The van der Waals surface area contributed by atoms with Gasteiger partial charge in [0.05, 0.1) is 12.7 Å². The molecule has 1 saturated carbocycles. The molecule has 1 aromatic carbocycles. The molecule has 1 spiro atoms. The average molecular weight is 427 g/mol. The Morgan fingerprint density at radius 3 is 2.48 bits per heavy atom. The molecule has 4 aliphatic rings. The summed E-state index contributed by atoms with van der Waals surface area (Å²) in [6.07, 6.45) is 9.61. The molecule has 4 fully saturated rings. The van der Waals surface area contributed by atoms with Crippen molar-refractivity contribution in [2.45, 2.75) is 70.8 Å².